The van der Waals surface area contributed by atoms with Crippen LogP contribution in [-0.4, -0.2) is 69.2 Å². The monoisotopic (exact) mass is 816 g/mol. The maximum atomic E-state index is 12.5. The third kappa shape index (κ3) is 29.4. The van der Waals surface area contributed by atoms with Gasteiger partial charge in [0, 0.05) is 31.1 Å². The molecule has 0 bridgehead atoms. The van der Waals surface area contributed by atoms with E-state index in [9.17, 15) is 29.2 Å². The zero-order valence-corrected chi connectivity index (χ0v) is 35.0. The second kappa shape index (κ2) is 33.5. The van der Waals surface area contributed by atoms with E-state index in [1.807, 2.05) is 30.4 Å². The van der Waals surface area contributed by atoms with Crippen molar-refractivity contribution in [3.8, 4) is 0 Å². The van der Waals surface area contributed by atoms with E-state index in [1.165, 1.54) is 0 Å². The molecule has 0 spiro atoms. The average Bonchev–Trinajstić information content (AvgIpc) is 3.44. The number of Topliss-reactive ketones (excluding diaryl/α,β-unsaturated/α-hetero) is 1. The second-order valence-electron chi connectivity index (χ2n) is 14.0. The summed E-state index contributed by atoms with van der Waals surface area (Å²) in [4.78, 5) is 55.5. The summed E-state index contributed by atoms with van der Waals surface area (Å²) >= 11 is 0. The van der Waals surface area contributed by atoms with Crippen molar-refractivity contribution in [2.24, 2.45) is 11.8 Å². The van der Waals surface area contributed by atoms with E-state index in [2.05, 4.69) is 73.1 Å². The van der Waals surface area contributed by atoms with Crippen LogP contribution < -0.4 is 0 Å². The van der Waals surface area contributed by atoms with E-state index in [4.69, 9.17) is 19.3 Å². The molecule has 11 nitrogen and oxygen atoms in total. The second-order valence-corrected chi connectivity index (χ2v) is 15.2. The summed E-state index contributed by atoms with van der Waals surface area (Å²) in [5.41, 5.74) is 0. The van der Waals surface area contributed by atoms with Crippen LogP contribution in [0.25, 0.3) is 0 Å². The number of phosphoric ester groups is 1. The van der Waals surface area contributed by atoms with Gasteiger partial charge in [0.15, 0.2) is 6.10 Å². The van der Waals surface area contributed by atoms with Crippen molar-refractivity contribution in [2.45, 2.75) is 141 Å². The first-order chi connectivity index (χ1) is 27.5. The first kappa shape index (κ1) is 51.6. The smallest absolute Gasteiger partial charge is 0.462 e. The van der Waals surface area contributed by atoms with Gasteiger partial charge in [-0.3, -0.25) is 18.9 Å². The van der Waals surface area contributed by atoms with Crippen molar-refractivity contribution in [1.29, 1.82) is 0 Å². The average molecular weight is 817 g/mol. The highest BCUT2D eigenvalue weighted by Crippen LogP contribution is 2.36. The Morgan fingerprint density at radius 1 is 0.754 bits per heavy atom. The number of allylic oxidation sites excluding steroid dienone is 14. The maximum Gasteiger partial charge on any atom is 0.469 e. The van der Waals surface area contributed by atoms with Crippen LogP contribution in [0.2, 0.25) is 0 Å². The number of esters is 2. The fourth-order valence-electron chi connectivity index (χ4n) is 5.85. The number of carbonyl (C=O) groups excluding carboxylic acids is 3. The molecular formula is C45H69O11P. The minimum absolute atomic E-state index is 0.00423. The van der Waals surface area contributed by atoms with Crippen LogP contribution in [0.5, 0.6) is 0 Å². The van der Waals surface area contributed by atoms with Crippen molar-refractivity contribution < 1.29 is 52.9 Å². The number of hydrogen-bond acceptors (Lipinski definition) is 9. The summed E-state index contributed by atoms with van der Waals surface area (Å²) < 4.78 is 26.3. The molecule has 0 aromatic heterocycles. The predicted molar refractivity (Wildman–Crippen MR) is 226 cm³/mol. The van der Waals surface area contributed by atoms with Gasteiger partial charge >= 0.3 is 19.8 Å². The number of carbonyl (C=O) groups is 3. The molecule has 12 heteroatoms. The van der Waals surface area contributed by atoms with Crippen LogP contribution in [0.15, 0.2) is 97.2 Å². The van der Waals surface area contributed by atoms with Crippen molar-refractivity contribution in [3.63, 3.8) is 0 Å². The molecule has 320 valence electrons. The van der Waals surface area contributed by atoms with Crippen LogP contribution in [0.4, 0.5) is 0 Å². The van der Waals surface area contributed by atoms with Crippen molar-refractivity contribution >= 4 is 25.5 Å². The number of hydrogen-bond donors (Lipinski definition) is 4. The first-order valence-electron chi connectivity index (χ1n) is 20.6. The highest BCUT2D eigenvalue weighted by atomic mass is 31.2. The topological polar surface area (TPSA) is 177 Å². The Balaban J connectivity index is 2.36. The molecule has 0 aromatic rings. The molecule has 0 saturated heterocycles. The van der Waals surface area contributed by atoms with Crippen LogP contribution >= 0.6 is 7.82 Å². The lowest BCUT2D eigenvalue weighted by Gasteiger charge is -2.18. The molecule has 5 atom stereocenters. The highest BCUT2D eigenvalue weighted by Gasteiger charge is 2.39. The molecule has 1 rings (SSSR count). The number of rotatable bonds is 32. The number of aliphatic hydroxyl groups excluding tert-OH is 2. The fourth-order valence-corrected chi connectivity index (χ4v) is 6.21. The number of unbranched alkanes of at least 4 members (excludes halogenated alkanes) is 3. The third-order valence-corrected chi connectivity index (χ3v) is 9.45. The molecule has 57 heavy (non-hydrogen) atoms. The van der Waals surface area contributed by atoms with E-state index in [1.54, 1.807) is 12.2 Å². The van der Waals surface area contributed by atoms with Crippen LogP contribution in [-0.2, 0) is 32.9 Å². The molecule has 0 aromatic carbocycles. The zero-order valence-electron chi connectivity index (χ0n) is 34.2. The van der Waals surface area contributed by atoms with E-state index in [0.29, 0.717) is 32.1 Å². The Kier molecular flexibility index (Phi) is 30.3. The Morgan fingerprint density at radius 2 is 1.33 bits per heavy atom. The summed E-state index contributed by atoms with van der Waals surface area (Å²) in [6, 6.07) is 0. The van der Waals surface area contributed by atoms with E-state index in [0.717, 1.165) is 57.8 Å². The van der Waals surface area contributed by atoms with Crippen LogP contribution in [0.3, 0.4) is 0 Å². The van der Waals surface area contributed by atoms with Crippen molar-refractivity contribution in [1.82, 2.24) is 0 Å². The number of aliphatic hydroxyl groups is 2. The van der Waals surface area contributed by atoms with E-state index < -0.39 is 51.3 Å². The first-order valence-corrected chi connectivity index (χ1v) is 22.2. The standard InChI is InChI=1S/C45H69O11P/c1-3-5-7-8-9-10-11-12-13-14-15-16-17-18-19-20-21-22-27-31-44(49)54-36-39(37-55-57(51,52)53)56-45(50)32-28-24-23-26-30-40-41(43(48)35-42(40)47)34-33-38(46)29-25-6-4-2/h5,7,9-10,12-13,15-16,18-19,21-23,26,33-34,38-41,43,46,48H,3-4,6,8,11,14,17,20,24-25,27-32,35-37H2,1-2H3,(H2,51,52,53)/b7-5-,10-9-,13-12-,16-15-,19-18-,22-21-,26-23-,34-33+/t38-,39+,40+,41+,43+/m0/s1. The zero-order chi connectivity index (χ0) is 42.0. The van der Waals surface area contributed by atoms with Gasteiger partial charge < -0.3 is 29.5 Å². The SMILES string of the molecule is CC/C=C\C/C=C\C/C=C\C/C=C\C/C=C\C/C=C\CCC(=O)OC[C@H](COP(=O)(O)O)OC(=O)CCC/C=C\C[C@H]1C(=O)C[C@@H](O)[C@@H]1/C=C/[C@@H](O)CCCCC. The maximum absolute atomic E-state index is 12.5. The van der Waals surface area contributed by atoms with Gasteiger partial charge in [0.25, 0.3) is 0 Å². The molecule has 0 heterocycles. The largest absolute Gasteiger partial charge is 0.469 e. The molecule has 0 aliphatic heterocycles. The molecule has 0 radical (unpaired) electrons. The van der Waals surface area contributed by atoms with Gasteiger partial charge in [-0.2, -0.15) is 0 Å². The fraction of sp³-hybridized carbons (Fsp3) is 0.578. The Hall–Kier alpha value is -3.44. The number of ether oxygens (including phenoxy) is 2. The lowest BCUT2D eigenvalue weighted by atomic mass is 9.90. The highest BCUT2D eigenvalue weighted by molar-refractivity contribution is 7.46. The summed E-state index contributed by atoms with van der Waals surface area (Å²) in [6.45, 7) is 3.15. The van der Waals surface area contributed by atoms with E-state index >= 15 is 0 Å². The molecule has 0 amide bonds. The lowest BCUT2D eigenvalue weighted by molar-refractivity contribution is -0.161. The minimum atomic E-state index is -4.85. The summed E-state index contributed by atoms with van der Waals surface area (Å²) in [7, 11) is -4.85. The molecule has 4 N–H and O–H groups in total. The lowest BCUT2D eigenvalue weighted by Crippen LogP contribution is -2.29. The van der Waals surface area contributed by atoms with Crippen molar-refractivity contribution in [2.75, 3.05) is 13.2 Å². The van der Waals surface area contributed by atoms with Gasteiger partial charge in [0.1, 0.15) is 12.4 Å². The molecular weight excluding hydrogens is 747 g/mol. The normalized spacial score (nSPS) is 19.3. The van der Waals surface area contributed by atoms with Gasteiger partial charge in [-0.1, -0.05) is 130 Å². The number of ketones is 1. The van der Waals surface area contributed by atoms with Crippen molar-refractivity contribution in [3.05, 3.63) is 97.2 Å². The van der Waals surface area contributed by atoms with Gasteiger partial charge in [-0.15, -0.1) is 0 Å². The Labute approximate surface area is 341 Å². The van der Waals surface area contributed by atoms with Crippen LogP contribution in [0.1, 0.15) is 123 Å². The summed E-state index contributed by atoms with van der Waals surface area (Å²) in [5, 5.41) is 20.6. The Bertz CT molecular complexity index is 1400. The molecule has 1 saturated carbocycles. The van der Waals surface area contributed by atoms with E-state index in [-0.39, 0.29) is 36.9 Å². The minimum Gasteiger partial charge on any atom is -0.462 e. The third-order valence-electron chi connectivity index (χ3n) is 8.97. The molecule has 0 unspecified atom stereocenters. The molecule has 1 fully saturated rings. The molecule has 1 aliphatic rings. The summed E-state index contributed by atoms with van der Waals surface area (Å²) in [6.07, 6.45) is 40.8. The van der Waals surface area contributed by atoms with Gasteiger partial charge in [-0.25, -0.2) is 4.57 Å². The van der Waals surface area contributed by atoms with Gasteiger partial charge in [0.2, 0.25) is 0 Å². The number of phosphoric acid groups is 1. The summed E-state index contributed by atoms with van der Waals surface area (Å²) in [5.74, 6) is -1.97. The quantitative estimate of drug-likeness (QED) is 0.0220. The van der Waals surface area contributed by atoms with Crippen LogP contribution in [0, 0.1) is 11.8 Å². The molecule has 1 aliphatic carbocycles. The van der Waals surface area contributed by atoms with Gasteiger partial charge in [0.05, 0.1) is 18.8 Å². The predicted octanol–water partition coefficient (Wildman–Crippen LogP) is 9.21. The van der Waals surface area contributed by atoms with Gasteiger partial charge in [-0.05, 0) is 70.6 Å². The Morgan fingerprint density at radius 3 is 1.91 bits per heavy atom.